The average Bonchev–Trinajstić information content (AvgIpc) is 2.22. The minimum Gasteiger partial charge on any atom is -0.493 e. The minimum atomic E-state index is -0.956. The molecule has 0 radical (unpaired) electrons. The van der Waals surface area contributed by atoms with E-state index in [0.29, 0.717) is 19.4 Å². The molecule has 0 heterocycles. The fourth-order valence-electron chi connectivity index (χ4n) is 1.13. The zero-order valence-corrected chi connectivity index (χ0v) is 8.58. The monoisotopic (exact) mass is 230 g/mol. The molecule has 0 spiro atoms. The summed E-state index contributed by atoms with van der Waals surface area (Å²) < 4.78 is 30.4. The Labute approximate surface area is 91.7 Å². The van der Waals surface area contributed by atoms with E-state index in [2.05, 4.69) is 0 Å². The lowest BCUT2D eigenvalue weighted by Crippen LogP contribution is -2.00. The number of rotatable bonds is 6. The van der Waals surface area contributed by atoms with Crippen LogP contribution in [0.3, 0.4) is 0 Å². The molecule has 0 fully saturated rings. The lowest BCUT2D eigenvalue weighted by atomic mass is 10.2. The van der Waals surface area contributed by atoms with Gasteiger partial charge in [-0.15, -0.1) is 0 Å². The molecule has 0 bridgehead atoms. The fourth-order valence-corrected chi connectivity index (χ4v) is 1.13. The van der Waals surface area contributed by atoms with Crippen LogP contribution in [-0.2, 0) is 4.79 Å². The highest BCUT2D eigenvalue weighted by atomic mass is 19.2. The van der Waals surface area contributed by atoms with Crippen molar-refractivity contribution in [2.75, 3.05) is 6.61 Å². The summed E-state index contributed by atoms with van der Waals surface area (Å²) >= 11 is 0. The summed E-state index contributed by atoms with van der Waals surface area (Å²) in [6.45, 7) is 0.290. The molecule has 0 saturated heterocycles. The van der Waals surface area contributed by atoms with E-state index in [4.69, 9.17) is 9.84 Å². The minimum absolute atomic E-state index is 0.0845. The van der Waals surface area contributed by atoms with Crippen LogP contribution in [0.25, 0.3) is 0 Å². The number of benzene rings is 1. The van der Waals surface area contributed by atoms with Gasteiger partial charge >= 0.3 is 5.97 Å². The van der Waals surface area contributed by atoms with Crippen molar-refractivity contribution in [1.82, 2.24) is 0 Å². The van der Waals surface area contributed by atoms with Gasteiger partial charge in [0, 0.05) is 12.5 Å². The van der Waals surface area contributed by atoms with E-state index in [1.165, 1.54) is 6.07 Å². The SMILES string of the molecule is O=C(O)CCCCOc1ccc(F)c(F)c1. The summed E-state index contributed by atoms with van der Waals surface area (Å²) in [5.74, 6) is -2.48. The number of carbonyl (C=O) groups is 1. The van der Waals surface area contributed by atoms with Gasteiger partial charge in [0.25, 0.3) is 0 Å². The van der Waals surface area contributed by atoms with Gasteiger partial charge in [0.05, 0.1) is 6.61 Å². The largest absolute Gasteiger partial charge is 0.493 e. The van der Waals surface area contributed by atoms with E-state index in [9.17, 15) is 13.6 Å². The van der Waals surface area contributed by atoms with Crippen LogP contribution >= 0.6 is 0 Å². The summed E-state index contributed by atoms with van der Waals surface area (Å²) in [6.07, 6.45) is 1.14. The summed E-state index contributed by atoms with van der Waals surface area (Å²) in [6, 6.07) is 3.28. The molecular weight excluding hydrogens is 218 g/mol. The maximum atomic E-state index is 12.7. The van der Waals surface area contributed by atoms with Crippen LogP contribution in [0.2, 0.25) is 0 Å². The van der Waals surface area contributed by atoms with E-state index in [1.54, 1.807) is 0 Å². The Morgan fingerprint density at radius 3 is 2.62 bits per heavy atom. The molecule has 0 amide bonds. The van der Waals surface area contributed by atoms with Crippen LogP contribution < -0.4 is 4.74 Å². The van der Waals surface area contributed by atoms with E-state index in [1.807, 2.05) is 0 Å². The normalized spacial score (nSPS) is 10.1. The van der Waals surface area contributed by atoms with Gasteiger partial charge in [-0.25, -0.2) is 8.78 Å². The summed E-state index contributed by atoms with van der Waals surface area (Å²) in [5.41, 5.74) is 0. The smallest absolute Gasteiger partial charge is 0.303 e. The summed E-state index contributed by atoms with van der Waals surface area (Å²) in [5, 5.41) is 8.36. The van der Waals surface area contributed by atoms with Gasteiger partial charge in [0.15, 0.2) is 11.6 Å². The van der Waals surface area contributed by atoms with Crippen LogP contribution in [0.4, 0.5) is 8.78 Å². The molecular formula is C11H12F2O3. The molecule has 0 aromatic heterocycles. The third-order valence-electron chi connectivity index (χ3n) is 1.94. The molecule has 1 N–H and O–H groups in total. The number of hydrogen-bond acceptors (Lipinski definition) is 2. The van der Waals surface area contributed by atoms with Crippen molar-refractivity contribution < 1.29 is 23.4 Å². The van der Waals surface area contributed by atoms with Crippen molar-refractivity contribution in [2.24, 2.45) is 0 Å². The third-order valence-corrected chi connectivity index (χ3v) is 1.94. The van der Waals surface area contributed by atoms with Gasteiger partial charge in [-0.3, -0.25) is 4.79 Å². The Morgan fingerprint density at radius 2 is 2.00 bits per heavy atom. The Morgan fingerprint density at radius 1 is 1.25 bits per heavy atom. The number of aliphatic carboxylic acids is 1. The molecule has 88 valence electrons. The van der Waals surface area contributed by atoms with Gasteiger partial charge in [0.2, 0.25) is 0 Å². The molecule has 1 rings (SSSR count). The predicted molar refractivity (Wildman–Crippen MR) is 53.3 cm³/mol. The molecule has 0 atom stereocenters. The Kier molecular flexibility index (Phi) is 4.69. The molecule has 5 heteroatoms. The highest BCUT2D eigenvalue weighted by molar-refractivity contribution is 5.66. The van der Waals surface area contributed by atoms with Gasteiger partial charge in [-0.05, 0) is 25.0 Å². The number of halogens is 2. The van der Waals surface area contributed by atoms with Gasteiger partial charge in [-0.2, -0.15) is 0 Å². The highest BCUT2D eigenvalue weighted by Crippen LogP contribution is 2.15. The molecule has 0 aliphatic rings. The number of ether oxygens (including phenoxy) is 1. The van der Waals surface area contributed by atoms with Crippen LogP contribution in [-0.4, -0.2) is 17.7 Å². The van der Waals surface area contributed by atoms with Crippen LogP contribution in [0.5, 0.6) is 5.75 Å². The van der Waals surface area contributed by atoms with Crippen molar-refractivity contribution in [3.05, 3.63) is 29.8 Å². The first-order valence-corrected chi connectivity index (χ1v) is 4.89. The molecule has 0 saturated carbocycles. The van der Waals surface area contributed by atoms with Crippen molar-refractivity contribution >= 4 is 5.97 Å². The van der Waals surface area contributed by atoms with Crippen molar-refractivity contribution in [2.45, 2.75) is 19.3 Å². The van der Waals surface area contributed by atoms with E-state index >= 15 is 0 Å². The highest BCUT2D eigenvalue weighted by Gasteiger charge is 2.03. The quantitative estimate of drug-likeness (QED) is 0.764. The van der Waals surface area contributed by atoms with Crippen LogP contribution in [0, 0.1) is 11.6 Å². The molecule has 1 aromatic rings. The second-order valence-electron chi connectivity index (χ2n) is 3.28. The first-order chi connectivity index (χ1) is 7.59. The number of unbranched alkanes of at least 4 members (excludes halogenated alkanes) is 1. The van der Waals surface area contributed by atoms with Crippen LogP contribution in [0.1, 0.15) is 19.3 Å². The zero-order chi connectivity index (χ0) is 12.0. The molecule has 16 heavy (non-hydrogen) atoms. The zero-order valence-electron chi connectivity index (χ0n) is 8.58. The van der Waals surface area contributed by atoms with Gasteiger partial charge in [-0.1, -0.05) is 0 Å². The first kappa shape index (κ1) is 12.4. The van der Waals surface area contributed by atoms with E-state index < -0.39 is 17.6 Å². The second kappa shape index (κ2) is 6.05. The Balaban J connectivity index is 2.27. The van der Waals surface area contributed by atoms with E-state index in [0.717, 1.165) is 12.1 Å². The van der Waals surface area contributed by atoms with Crippen LogP contribution in [0.15, 0.2) is 18.2 Å². The lowest BCUT2D eigenvalue weighted by molar-refractivity contribution is -0.137. The average molecular weight is 230 g/mol. The standard InChI is InChI=1S/C11H12F2O3/c12-9-5-4-8(7-10(9)13)16-6-2-1-3-11(14)15/h4-5,7H,1-3,6H2,(H,14,15). The molecule has 0 unspecified atom stereocenters. The molecule has 0 aliphatic carbocycles. The number of carboxylic acid groups (broad SMARTS) is 1. The topological polar surface area (TPSA) is 46.5 Å². The molecule has 3 nitrogen and oxygen atoms in total. The lowest BCUT2D eigenvalue weighted by Gasteiger charge is -2.05. The van der Waals surface area contributed by atoms with Crippen molar-refractivity contribution in [1.29, 1.82) is 0 Å². The predicted octanol–water partition coefficient (Wildman–Crippen LogP) is 2.60. The molecule has 1 aromatic carbocycles. The third kappa shape index (κ3) is 4.25. The maximum absolute atomic E-state index is 12.7. The fraction of sp³-hybridized carbons (Fsp3) is 0.364. The summed E-state index contributed by atoms with van der Waals surface area (Å²) in [4.78, 5) is 10.2. The second-order valence-corrected chi connectivity index (χ2v) is 3.28. The van der Waals surface area contributed by atoms with Crippen molar-refractivity contribution in [3.63, 3.8) is 0 Å². The molecule has 0 aliphatic heterocycles. The van der Waals surface area contributed by atoms with Gasteiger partial charge < -0.3 is 9.84 Å². The maximum Gasteiger partial charge on any atom is 0.303 e. The number of carboxylic acids is 1. The van der Waals surface area contributed by atoms with Gasteiger partial charge in [0.1, 0.15) is 5.75 Å². The summed E-state index contributed by atoms with van der Waals surface area (Å²) in [7, 11) is 0. The van der Waals surface area contributed by atoms with E-state index in [-0.39, 0.29) is 12.2 Å². The number of hydrogen-bond donors (Lipinski definition) is 1. The Hall–Kier alpha value is -1.65. The first-order valence-electron chi connectivity index (χ1n) is 4.89. The van der Waals surface area contributed by atoms with Crippen molar-refractivity contribution in [3.8, 4) is 5.75 Å². The Bertz CT molecular complexity index is 366.